The molecule has 1 aliphatic rings. The van der Waals surface area contributed by atoms with Gasteiger partial charge in [-0.25, -0.2) is 0 Å². The molecule has 11 heavy (non-hydrogen) atoms. The van der Waals surface area contributed by atoms with Gasteiger partial charge in [0, 0.05) is 5.69 Å². The number of epoxide rings is 1. The Bertz CT molecular complexity index is 263. The van der Waals surface area contributed by atoms with Crippen molar-refractivity contribution in [2.45, 2.75) is 26.5 Å². The zero-order chi connectivity index (χ0) is 7.84. The van der Waals surface area contributed by atoms with Crippen LogP contribution in [0.1, 0.15) is 11.4 Å². The molecule has 3 heteroatoms. The van der Waals surface area contributed by atoms with Gasteiger partial charge in [-0.05, 0) is 19.9 Å². The maximum atomic E-state index is 5.12. The Labute approximate surface area is 66.0 Å². The van der Waals surface area contributed by atoms with Crippen molar-refractivity contribution < 1.29 is 4.74 Å². The molecule has 1 atom stereocenters. The zero-order valence-corrected chi connectivity index (χ0v) is 6.87. The number of aromatic nitrogens is 2. The summed E-state index contributed by atoms with van der Waals surface area (Å²) < 4.78 is 7.12. The average molecular weight is 152 g/mol. The molecule has 2 rings (SSSR count). The molecule has 0 bridgehead atoms. The molecule has 1 saturated heterocycles. The molecule has 0 unspecified atom stereocenters. The van der Waals surface area contributed by atoms with Crippen molar-refractivity contribution in [3.05, 3.63) is 17.5 Å². The van der Waals surface area contributed by atoms with E-state index in [0.29, 0.717) is 6.10 Å². The lowest BCUT2D eigenvalue weighted by Crippen LogP contribution is -2.07. The van der Waals surface area contributed by atoms with Gasteiger partial charge in [-0.2, -0.15) is 5.10 Å². The van der Waals surface area contributed by atoms with E-state index in [1.165, 1.54) is 5.69 Å². The quantitative estimate of drug-likeness (QED) is 0.589. The smallest absolute Gasteiger partial charge is 0.100 e. The second-order valence-electron chi connectivity index (χ2n) is 3.06. The molecule has 0 radical (unpaired) electrons. The van der Waals surface area contributed by atoms with E-state index in [1.807, 2.05) is 11.6 Å². The van der Waals surface area contributed by atoms with Gasteiger partial charge in [0.2, 0.25) is 0 Å². The monoisotopic (exact) mass is 152 g/mol. The van der Waals surface area contributed by atoms with Crippen LogP contribution in [0, 0.1) is 13.8 Å². The first-order valence-electron chi connectivity index (χ1n) is 3.88. The highest BCUT2D eigenvalue weighted by Gasteiger charge is 2.23. The highest BCUT2D eigenvalue weighted by Crippen LogP contribution is 2.12. The van der Waals surface area contributed by atoms with Gasteiger partial charge in [0.25, 0.3) is 0 Å². The number of aryl methyl sites for hydroxylation is 2. The number of rotatable bonds is 2. The largest absolute Gasteiger partial charge is 0.371 e. The van der Waals surface area contributed by atoms with Crippen molar-refractivity contribution in [2.24, 2.45) is 0 Å². The van der Waals surface area contributed by atoms with Crippen LogP contribution in [0.2, 0.25) is 0 Å². The van der Waals surface area contributed by atoms with E-state index in [4.69, 9.17) is 4.74 Å². The number of nitrogens with zero attached hydrogens (tertiary/aromatic N) is 2. The van der Waals surface area contributed by atoms with Crippen LogP contribution in [0.15, 0.2) is 6.07 Å². The Morgan fingerprint density at radius 3 is 2.91 bits per heavy atom. The summed E-state index contributed by atoms with van der Waals surface area (Å²) in [5, 5.41) is 4.33. The summed E-state index contributed by atoms with van der Waals surface area (Å²) in [6, 6.07) is 2.09. The van der Waals surface area contributed by atoms with Crippen LogP contribution in [0.25, 0.3) is 0 Å². The predicted molar refractivity (Wildman–Crippen MR) is 41.4 cm³/mol. The molecule has 0 saturated carbocycles. The standard InChI is InChI=1S/C8H12N2O/c1-6-3-7(2)10(9-6)4-8-5-11-8/h3,8H,4-5H2,1-2H3/t8-/m1/s1. The van der Waals surface area contributed by atoms with E-state index >= 15 is 0 Å². The van der Waals surface area contributed by atoms with Crippen molar-refractivity contribution >= 4 is 0 Å². The van der Waals surface area contributed by atoms with Gasteiger partial charge >= 0.3 is 0 Å². The summed E-state index contributed by atoms with van der Waals surface area (Å²) in [5.74, 6) is 0. The van der Waals surface area contributed by atoms with Gasteiger partial charge in [-0.1, -0.05) is 0 Å². The van der Waals surface area contributed by atoms with Crippen LogP contribution in [-0.4, -0.2) is 22.5 Å². The lowest BCUT2D eigenvalue weighted by Gasteiger charge is -1.98. The van der Waals surface area contributed by atoms with E-state index in [1.54, 1.807) is 0 Å². The average Bonchev–Trinajstić information content (AvgIpc) is 2.64. The normalized spacial score (nSPS) is 22.2. The minimum Gasteiger partial charge on any atom is -0.371 e. The van der Waals surface area contributed by atoms with Crippen LogP contribution in [0.4, 0.5) is 0 Å². The summed E-state index contributed by atoms with van der Waals surface area (Å²) >= 11 is 0. The summed E-state index contributed by atoms with van der Waals surface area (Å²) in [6.07, 6.45) is 0.424. The van der Waals surface area contributed by atoms with Crippen LogP contribution in [-0.2, 0) is 11.3 Å². The Balaban J connectivity index is 2.14. The molecule has 1 aliphatic heterocycles. The molecule has 3 nitrogen and oxygen atoms in total. The van der Waals surface area contributed by atoms with Crippen molar-refractivity contribution in [3.63, 3.8) is 0 Å². The molecule has 60 valence electrons. The van der Waals surface area contributed by atoms with Gasteiger partial charge in [0.1, 0.15) is 6.10 Å². The molecule has 2 heterocycles. The van der Waals surface area contributed by atoms with E-state index in [9.17, 15) is 0 Å². The predicted octanol–water partition coefficient (Wildman–Crippen LogP) is 0.899. The molecule has 0 N–H and O–H groups in total. The van der Waals surface area contributed by atoms with Crippen molar-refractivity contribution in [3.8, 4) is 0 Å². The third-order valence-electron chi connectivity index (χ3n) is 1.88. The molecule has 0 aromatic carbocycles. The molecular formula is C8H12N2O. The van der Waals surface area contributed by atoms with Crippen molar-refractivity contribution in [1.29, 1.82) is 0 Å². The van der Waals surface area contributed by atoms with Crippen molar-refractivity contribution in [2.75, 3.05) is 6.61 Å². The van der Waals surface area contributed by atoms with Crippen LogP contribution < -0.4 is 0 Å². The maximum absolute atomic E-state index is 5.12. The Hall–Kier alpha value is -0.830. The maximum Gasteiger partial charge on any atom is 0.100 e. The third kappa shape index (κ3) is 1.43. The third-order valence-corrected chi connectivity index (χ3v) is 1.88. The number of hydrogen-bond donors (Lipinski definition) is 0. The van der Waals surface area contributed by atoms with E-state index < -0.39 is 0 Å². The van der Waals surface area contributed by atoms with Gasteiger partial charge < -0.3 is 4.74 Å². The summed E-state index contributed by atoms with van der Waals surface area (Å²) in [7, 11) is 0. The highest BCUT2D eigenvalue weighted by atomic mass is 16.6. The molecule has 1 aromatic heterocycles. The Kier molecular flexibility index (Phi) is 1.46. The second kappa shape index (κ2) is 2.34. The first-order valence-corrected chi connectivity index (χ1v) is 3.88. The van der Waals surface area contributed by atoms with E-state index in [2.05, 4.69) is 18.1 Å². The van der Waals surface area contributed by atoms with Gasteiger partial charge in [-0.15, -0.1) is 0 Å². The fourth-order valence-electron chi connectivity index (χ4n) is 1.23. The summed E-state index contributed by atoms with van der Waals surface area (Å²) in [6.45, 7) is 5.90. The van der Waals surface area contributed by atoms with Crippen molar-refractivity contribution in [1.82, 2.24) is 9.78 Å². The molecule has 1 fully saturated rings. The lowest BCUT2D eigenvalue weighted by atomic mass is 10.4. The SMILES string of the molecule is Cc1cc(C)n(C[C@@H]2CO2)n1. The number of hydrogen-bond acceptors (Lipinski definition) is 2. The fraction of sp³-hybridized carbons (Fsp3) is 0.625. The van der Waals surface area contributed by atoms with E-state index in [-0.39, 0.29) is 0 Å². The van der Waals surface area contributed by atoms with Crippen LogP contribution in [0.3, 0.4) is 0 Å². The molecular weight excluding hydrogens is 140 g/mol. The molecule has 0 spiro atoms. The minimum atomic E-state index is 0.424. The highest BCUT2D eigenvalue weighted by molar-refractivity contribution is 5.06. The second-order valence-corrected chi connectivity index (χ2v) is 3.06. The fourth-order valence-corrected chi connectivity index (χ4v) is 1.23. The number of ether oxygens (including phenoxy) is 1. The first kappa shape index (κ1) is 6.85. The minimum absolute atomic E-state index is 0.424. The summed E-state index contributed by atoms with van der Waals surface area (Å²) in [4.78, 5) is 0. The lowest BCUT2D eigenvalue weighted by molar-refractivity contribution is 0.371. The van der Waals surface area contributed by atoms with Gasteiger partial charge in [0.15, 0.2) is 0 Å². The molecule has 1 aromatic rings. The first-order chi connectivity index (χ1) is 5.25. The zero-order valence-electron chi connectivity index (χ0n) is 6.87. The molecule has 0 aliphatic carbocycles. The molecule has 0 amide bonds. The Morgan fingerprint density at radius 2 is 2.45 bits per heavy atom. The van der Waals surface area contributed by atoms with Gasteiger partial charge in [0.05, 0.1) is 18.8 Å². The summed E-state index contributed by atoms with van der Waals surface area (Å²) in [5.41, 5.74) is 2.31. The van der Waals surface area contributed by atoms with E-state index in [0.717, 1.165) is 18.8 Å². The van der Waals surface area contributed by atoms with Crippen LogP contribution >= 0.6 is 0 Å². The Morgan fingerprint density at radius 1 is 1.73 bits per heavy atom. The van der Waals surface area contributed by atoms with Crippen LogP contribution in [0.5, 0.6) is 0 Å². The van der Waals surface area contributed by atoms with Gasteiger partial charge in [-0.3, -0.25) is 4.68 Å². The topological polar surface area (TPSA) is 30.4 Å².